The summed E-state index contributed by atoms with van der Waals surface area (Å²) < 4.78 is 1.85. The lowest BCUT2D eigenvalue weighted by atomic mass is 10.1. The van der Waals surface area contributed by atoms with E-state index in [4.69, 9.17) is 5.26 Å². The minimum Gasteiger partial charge on any atom is -0.254 e. The maximum atomic E-state index is 9.10. The van der Waals surface area contributed by atoms with Crippen LogP contribution in [0.1, 0.15) is 18.5 Å². The van der Waals surface area contributed by atoms with Crippen LogP contribution >= 0.6 is 0 Å². The smallest absolute Gasteiger partial charge is 0.139 e. The normalized spacial score (nSPS) is 14.5. The molecule has 0 radical (unpaired) electrons. The van der Waals surface area contributed by atoms with Gasteiger partial charge in [-0.2, -0.15) is 10.4 Å². The Morgan fingerprint density at radius 2 is 2.06 bits per heavy atom. The lowest BCUT2D eigenvalue weighted by Gasteiger charge is -1.99. The lowest BCUT2D eigenvalue weighted by molar-refractivity contribution is 0.559. The topological polar surface area (TPSA) is 41.6 Å². The molecule has 84 valence electrons. The Bertz CT molecular complexity index is 559. The zero-order valence-electron chi connectivity index (χ0n) is 9.50. The summed E-state index contributed by atoms with van der Waals surface area (Å²) in [5, 5.41) is 13.6. The predicted molar refractivity (Wildman–Crippen MR) is 65.1 cm³/mol. The largest absolute Gasteiger partial charge is 0.254 e. The maximum absolute atomic E-state index is 9.10. The lowest BCUT2D eigenvalue weighted by Crippen LogP contribution is -2.04. The minimum absolute atomic E-state index is 0.663. The number of hydrogen-bond acceptors (Lipinski definition) is 2. The van der Waals surface area contributed by atoms with Gasteiger partial charge in [-0.1, -0.05) is 30.3 Å². The summed E-state index contributed by atoms with van der Waals surface area (Å²) in [6.07, 6.45) is 2.54. The summed E-state index contributed by atoms with van der Waals surface area (Å²) in [6, 6.07) is 14.1. The highest BCUT2D eigenvalue weighted by molar-refractivity contribution is 5.60. The van der Waals surface area contributed by atoms with E-state index >= 15 is 0 Å². The molecule has 1 aliphatic carbocycles. The summed E-state index contributed by atoms with van der Waals surface area (Å²) in [5.74, 6) is 0.727. The Balaban J connectivity index is 1.96. The van der Waals surface area contributed by atoms with Crippen LogP contribution in [0.3, 0.4) is 0 Å². The molecular weight excluding hydrogens is 210 g/mol. The monoisotopic (exact) mass is 223 g/mol. The minimum atomic E-state index is 0.663. The highest BCUT2D eigenvalue weighted by Crippen LogP contribution is 2.31. The number of hydrogen-bond donors (Lipinski definition) is 0. The van der Waals surface area contributed by atoms with Crippen molar-refractivity contribution in [3.8, 4) is 17.3 Å². The summed E-state index contributed by atoms with van der Waals surface area (Å²) in [6.45, 7) is 0.885. The number of rotatable bonds is 3. The van der Waals surface area contributed by atoms with Crippen molar-refractivity contribution in [3.63, 3.8) is 0 Å². The summed E-state index contributed by atoms with van der Waals surface area (Å²) in [5.41, 5.74) is 2.62. The molecule has 0 saturated heterocycles. The average molecular weight is 223 g/mol. The Kier molecular flexibility index (Phi) is 2.41. The highest BCUT2D eigenvalue weighted by atomic mass is 15.3. The van der Waals surface area contributed by atoms with Gasteiger partial charge in [0, 0.05) is 18.2 Å². The van der Waals surface area contributed by atoms with Crippen LogP contribution in [0.15, 0.2) is 36.4 Å². The first kappa shape index (κ1) is 10.1. The zero-order valence-corrected chi connectivity index (χ0v) is 9.50. The number of nitriles is 1. The van der Waals surface area contributed by atoms with Crippen LogP contribution in [0.4, 0.5) is 0 Å². The molecule has 0 N–H and O–H groups in total. The number of aromatic nitrogens is 2. The van der Waals surface area contributed by atoms with Gasteiger partial charge in [-0.3, -0.25) is 4.68 Å². The summed E-state index contributed by atoms with van der Waals surface area (Å²) in [7, 11) is 0. The molecule has 0 spiro atoms. The van der Waals surface area contributed by atoms with Crippen molar-refractivity contribution in [2.24, 2.45) is 5.92 Å². The van der Waals surface area contributed by atoms with Crippen LogP contribution in [0.5, 0.6) is 0 Å². The van der Waals surface area contributed by atoms with E-state index in [1.807, 2.05) is 41.1 Å². The van der Waals surface area contributed by atoms with Crippen molar-refractivity contribution in [3.05, 3.63) is 42.1 Å². The van der Waals surface area contributed by atoms with E-state index in [0.717, 1.165) is 23.7 Å². The number of benzene rings is 1. The predicted octanol–water partition coefficient (Wildman–Crippen LogP) is 2.83. The molecule has 1 aliphatic rings. The van der Waals surface area contributed by atoms with Crippen LogP contribution in [-0.2, 0) is 6.54 Å². The van der Waals surface area contributed by atoms with E-state index in [0.29, 0.717) is 5.69 Å². The molecule has 1 fully saturated rings. The first-order valence-corrected chi connectivity index (χ1v) is 5.90. The third kappa shape index (κ3) is 2.07. The van der Waals surface area contributed by atoms with Crippen molar-refractivity contribution in [1.29, 1.82) is 5.26 Å². The molecule has 0 aliphatic heterocycles. The van der Waals surface area contributed by atoms with E-state index in [-0.39, 0.29) is 0 Å². The number of nitrogens with zero attached hydrogens (tertiary/aromatic N) is 3. The molecule has 0 bridgehead atoms. The standard InChI is InChI=1S/C14H13N3/c15-9-13-8-14(12-4-2-1-3-5-12)16-17(13)10-11-6-7-11/h1-5,8,11H,6-7,10H2. The van der Waals surface area contributed by atoms with Crippen LogP contribution < -0.4 is 0 Å². The third-order valence-electron chi connectivity index (χ3n) is 3.09. The van der Waals surface area contributed by atoms with Gasteiger partial charge >= 0.3 is 0 Å². The Morgan fingerprint density at radius 1 is 1.29 bits per heavy atom. The van der Waals surface area contributed by atoms with E-state index in [2.05, 4.69) is 11.2 Å². The van der Waals surface area contributed by atoms with Crippen LogP contribution in [0.25, 0.3) is 11.3 Å². The molecule has 3 nitrogen and oxygen atoms in total. The quantitative estimate of drug-likeness (QED) is 0.802. The van der Waals surface area contributed by atoms with Gasteiger partial charge in [0.05, 0.1) is 5.69 Å². The van der Waals surface area contributed by atoms with Gasteiger partial charge in [0.15, 0.2) is 0 Å². The van der Waals surface area contributed by atoms with Gasteiger partial charge in [-0.05, 0) is 18.8 Å². The molecule has 0 amide bonds. The van der Waals surface area contributed by atoms with Gasteiger partial charge in [0.25, 0.3) is 0 Å². The second-order valence-electron chi connectivity index (χ2n) is 4.52. The molecule has 1 aromatic carbocycles. The molecular formula is C14H13N3. The zero-order chi connectivity index (χ0) is 11.7. The third-order valence-corrected chi connectivity index (χ3v) is 3.09. The summed E-state index contributed by atoms with van der Waals surface area (Å²) >= 11 is 0. The SMILES string of the molecule is N#Cc1cc(-c2ccccc2)nn1CC1CC1. The Labute approximate surface area is 100 Å². The molecule has 1 heterocycles. The van der Waals surface area contributed by atoms with Crippen LogP contribution in [0.2, 0.25) is 0 Å². The fraction of sp³-hybridized carbons (Fsp3) is 0.286. The highest BCUT2D eigenvalue weighted by Gasteiger charge is 2.23. The maximum Gasteiger partial charge on any atom is 0.139 e. The van der Waals surface area contributed by atoms with Crippen LogP contribution in [-0.4, -0.2) is 9.78 Å². The second kappa shape index (κ2) is 4.06. The van der Waals surface area contributed by atoms with Crippen LogP contribution in [0, 0.1) is 17.2 Å². The molecule has 2 aromatic rings. The molecule has 1 saturated carbocycles. The van der Waals surface area contributed by atoms with Gasteiger partial charge in [0.2, 0.25) is 0 Å². The Morgan fingerprint density at radius 3 is 2.71 bits per heavy atom. The van der Waals surface area contributed by atoms with Crippen molar-refractivity contribution in [1.82, 2.24) is 9.78 Å². The molecule has 1 aromatic heterocycles. The Hall–Kier alpha value is -2.08. The average Bonchev–Trinajstić information content (AvgIpc) is 3.09. The molecule has 3 heteroatoms. The van der Waals surface area contributed by atoms with Gasteiger partial charge in [-0.15, -0.1) is 0 Å². The second-order valence-corrected chi connectivity index (χ2v) is 4.52. The van der Waals surface area contributed by atoms with Gasteiger partial charge in [-0.25, -0.2) is 0 Å². The fourth-order valence-electron chi connectivity index (χ4n) is 1.94. The van der Waals surface area contributed by atoms with E-state index < -0.39 is 0 Å². The van der Waals surface area contributed by atoms with Gasteiger partial charge < -0.3 is 0 Å². The van der Waals surface area contributed by atoms with Crippen molar-refractivity contribution in [2.75, 3.05) is 0 Å². The van der Waals surface area contributed by atoms with Crippen molar-refractivity contribution < 1.29 is 0 Å². The van der Waals surface area contributed by atoms with E-state index in [1.54, 1.807) is 0 Å². The van der Waals surface area contributed by atoms with Crippen molar-refractivity contribution >= 4 is 0 Å². The fourth-order valence-corrected chi connectivity index (χ4v) is 1.94. The summed E-state index contributed by atoms with van der Waals surface area (Å²) in [4.78, 5) is 0. The van der Waals surface area contributed by atoms with E-state index in [1.165, 1.54) is 12.8 Å². The molecule has 17 heavy (non-hydrogen) atoms. The van der Waals surface area contributed by atoms with Gasteiger partial charge in [0.1, 0.15) is 11.8 Å². The molecule has 0 unspecified atom stereocenters. The van der Waals surface area contributed by atoms with E-state index in [9.17, 15) is 0 Å². The first-order valence-electron chi connectivity index (χ1n) is 5.90. The molecule has 0 atom stereocenters. The molecule has 3 rings (SSSR count). The first-order chi connectivity index (χ1) is 8.36. The van der Waals surface area contributed by atoms with Crippen molar-refractivity contribution in [2.45, 2.75) is 19.4 Å².